The number of ether oxygens (including phenoxy) is 5. The fraction of sp³-hybridized carbons (Fsp3) is 0.515. The Kier molecular flexibility index (Phi) is 7.89. The summed E-state index contributed by atoms with van der Waals surface area (Å²) in [7, 11) is 0. The molecule has 11 nitrogen and oxygen atoms in total. The van der Waals surface area contributed by atoms with Gasteiger partial charge in [0.1, 0.15) is 23.9 Å². The first kappa shape index (κ1) is 31.6. The van der Waals surface area contributed by atoms with Crippen molar-refractivity contribution in [2.45, 2.75) is 95.3 Å². The largest absolute Gasteiger partial charge is 0.459 e. The maximum Gasteiger partial charge on any atom is 0.338 e. The van der Waals surface area contributed by atoms with E-state index in [1.807, 2.05) is 0 Å². The van der Waals surface area contributed by atoms with Gasteiger partial charge >= 0.3 is 23.9 Å². The number of hydrogen-bond donors (Lipinski definition) is 2. The van der Waals surface area contributed by atoms with Gasteiger partial charge in [0.15, 0.2) is 6.10 Å². The van der Waals surface area contributed by atoms with Crippen LogP contribution in [0, 0.1) is 11.3 Å². The Balaban J connectivity index is 1.78. The lowest BCUT2D eigenvalue weighted by Crippen LogP contribution is -2.83. The first-order valence-electron chi connectivity index (χ1n) is 14.5. The van der Waals surface area contributed by atoms with Crippen LogP contribution in [0.2, 0.25) is 0 Å². The molecule has 2 bridgehead atoms. The van der Waals surface area contributed by atoms with Gasteiger partial charge in [-0.3, -0.25) is 9.59 Å². The van der Waals surface area contributed by atoms with Crippen molar-refractivity contribution in [3.05, 3.63) is 71.8 Å². The van der Waals surface area contributed by atoms with Gasteiger partial charge < -0.3 is 33.9 Å². The van der Waals surface area contributed by atoms with Gasteiger partial charge in [0.05, 0.1) is 39.8 Å². The topological polar surface area (TPSA) is 155 Å². The highest BCUT2D eigenvalue weighted by molar-refractivity contribution is 5.90. The average molecular weight is 611 g/mol. The summed E-state index contributed by atoms with van der Waals surface area (Å²) in [5, 5.41) is 23.6. The van der Waals surface area contributed by atoms with Gasteiger partial charge in [0, 0.05) is 20.3 Å². The molecule has 236 valence electrons. The van der Waals surface area contributed by atoms with Crippen molar-refractivity contribution in [2.75, 3.05) is 0 Å². The third-order valence-corrected chi connectivity index (χ3v) is 9.43. The maximum atomic E-state index is 13.7. The zero-order valence-corrected chi connectivity index (χ0v) is 25.5. The Morgan fingerprint density at radius 3 is 1.70 bits per heavy atom. The van der Waals surface area contributed by atoms with Crippen LogP contribution in [0.5, 0.6) is 0 Å². The van der Waals surface area contributed by atoms with Crippen LogP contribution in [0.15, 0.2) is 60.7 Å². The van der Waals surface area contributed by atoms with Crippen LogP contribution in [-0.2, 0) is 33.3 Å². The smallest absolute Gasteiger partial charge is 0.338 e. The first-order valence-corrected chi connectivity index (χ1v) is 14.5. The van der Waals surface area contributed by atoms with Crippen molar-refractivity contribution in [2.24, 2.45) is 11.3 Å². The second-order valence-electron chi connectivity index (χ2n) is 12.8. The third-order valence-electron chi connectivity index (χ3n) is 9.43. The molecule has 9 atom stereocenters. The fourth-order valence-electron chi connectivity index (χ4n) is 7.88. The molecule has 0 amide bonds. The van der Waals surface area contributed by atoms with E-state index < -0.39 is 82.5 Å². The van der Waals surface area contributed by atoms with Gasteiger partial charge in [0.25, 0.3) is 0 Å². The van der Waals surface area contributed by atoms with E-state index in [2.05, 4.69) is 0 Å². The molecule has 2 aliphatic carbocycles. The predicted molar refractivity (Wildman–Crippen MR) is 153 cm³/mol. The summed E-state index contributed by atoms with van der Waals surface area (Å²) in [6, 6.07) is 16.3. The zero-order valence-electron chi connectivity index (χ0n) is 25.5. The van der Waals surface area contributed by atoms with E-state index in [1.165, 1.54) is 20.8 Å². The molecule has 1 aliphatic heterocycles. The number of esters is 4. The molecule has 1 heterocycles. The normalized spacial score (nSPS) is 36.8. The maximum absolute atomic E-state index is 13.7. The molecule has 2 aromatic rings. The SMILES string of the molecule is CC(=O)O[C@@H]1[C@H]2[C@@H](OC(=O)c3ccccc3)[C@@H](OC(=O)c3ccccc3)[C@@]3(C)[C@H](OC(C)=O)[C@H](O)C[C@@](C)(O)C13OC2(C)C. The number of benzene rings is 2. The Labute approximate surface area is 255 Å². The van der Waals surface area contributed by atoms with Crippen LogP contribution in [-0.4, -0.2) is 81.4 Å². The number of carbonyl (C=O) groups excluding carboxylic acids is 4. The van der Waals surface area contributed by atoms with E-state index >= 15 is 0 Å². The summed E-state index contributed by atoms with van der Waals surface area (Å²) in [6.07, 6.45) is -7.41. The fourth-order valence-corrected chi connectivity index (χ4v) is 7.88. The van der Waals surface area contributed by atoms with Crippen LogP contribution >= 0.6 is 0 Å². The van der Waals surface area contributed by atoms with E-state index in [0.29, 0.717) is 0 Å². The molecule has 44 heavy (non-hydrogen) atoms. The molecule has 3 aliphatic rings. The molecular weight excluding hydrogens is 572 g/mol. The number of carbonyl (C=O) groups is 4. The minimum atomic E-state index is -1.93. The molecule has 3 fully saturated rings. The minimum Gasteiger partial charge on any atom is -0.459 e. The lowest BCUT2D eigenvalue weighted by molar-refractivity contribution is -0.351. The van der Waals surface area contributed by atoms with Crippen molar-refractivity contribution < 1.29 is 53.1 Å². The summed E-state index contributed by atoms with van der Waals surface area (Å²) in [5.41, 5.74) is -6.59. The van der Waals surface area contributed by atoms with E-state index in [-0.39, 0.29) is 17.5 Å². The van der Waals surface area contributed by atoms with Crippen molar-refractivity contribution >= 4 is 23.9 Å². The highest BCUT2D eigenvalue weighted by Gasteiger charge is 2.86. The number of hydrogen-bond acceptors (Lipinski definition) is 11. The highest BCUT2D eigenvalue weighted by atomic mass is 16.6. The zero-order chi connectivity index (χ0) is 32.2. The number of fused-ring (bicyclic) bond motifs is 1. The third kappa shape index (κ3) is 4.78. The predicted octanol–water partition coefficient (Wildman–Crippen LogP) is 3.00. The lowest BCUT2D eigenvalue weighted by atomic mass is 9.46. The molecule has 0 radical (unpaired) electrons. The summed E-state index contributed by atoms with van der Waals surface area (Å²) < 4.78 is 30.9. The molecule has 2 saturated carbocycles. The van der Waals surface area contributed by atoms with Crippen molar-refractivity contribution in [1.82, 2.24) is 0 Å². The standard InChI is InChI=1S/C33H38O11/c1-18(34)40-25-22(36)17-31(5,39)33-26(41-19(2)35)23(30(3,4)44-33)24(42-28(37)20-13-9-7-10-14-20)27(32(25,33)6)43-29(38)21-15-11-8-12-16-21/h7-16,22-27,36,39H,17H2,1-6H3/t22-,23-,24-,25-,26-,27-,31-,32-,33?/m1/s1. The van der Waals surface area contributed by atoms with Gasteiger partial charge in [-0.2, -0.15) is 0 Å². The van der Waals surface area contributed by atoms with Crippen LogP contribution in [0.1, 0.15) is 68.7 Å². The van der Waals surface area contributed by atoms with Gasteiger partial charge in [-0.1, -0.05) is 36.4 Å². The second-order valence-corrected chi connectivity index (χ2v) is 12.8. The quantitative estimate of drug-likeness (QED) is 0.366. The highest BCUT2D eigenvalue weighted by Crippen LogP contribution is 2.69. The molecule has 2 aromatic carbocycles. The van der Waals surface area contributed by atoms with Crippen LogP contribution in [0.4, 0.5) is 0 Å². The Hall–Kier alpha value is -3.80. The molecule has 11 heteroatoms. The van der Waals surface area contributed by atoms with Gasteiger partial charge in [-0.05, 0) is 52.0 Å². The number of aliphatic hydroxyl groups is 2. The molecular formula is C33H38O11. The number of rotatable bonds is 6. The summed E-state index contributed by atoms with van der Waals surface area (Å²) in [6.45, 7) is 8.69. The van der Waals surface area contributed by atoms with Crippen molar-refractivity contribution in [3.8, 4) is 0 Å². The van der Waals surface area contributed by atoms with Gasteiger partial charge in [0.2, 0.25) is 0 Å². The molecule has 1 spiro atoms. The Bertz CT molecular complexity index is 1440. The van der Waals surface area contributed by atoms with E-state index in [4.69, 9.17) is 23.7 Å². The van der Waals surface area contributed by atoms with Crippen molar-refractivity contribution in [3.63, 3.8) is 0 Å². The first-order chi connectivity index (χ1) is 20.6. The second kappa shape index (κ2) is 11.0. The Morgan fingerprint density at radius 2 is 1.20 bits per heavy atom. The molecule has 1 saturated heterocycles. The minimum absolute atomic E-state index is 0.181. The molecule has 0 aromatic heterocycles. The molecule has 1 unspecified atom stereocenters. The van der Waals surface area contributed by atoms with E-state index in [9.17, 15) is 29.4 Å². The lowest BCUT2D eigenvalue weighted by Gasteiger charge is -2.65. The van der Waals surface area contributed by atoms with Crippen LogP contribution in [0.3, 0.4) is 0 Å². The Morgan fingerprint density at radius 1 is 0.727 bits per heavy atom. The summed E-state index contributed by atoms with van der Waals surface area (Å²) >= 11 is 0. The van der Waals surface area contributed by atoms with E-state index in [1.54, 1.807) is 74.5 Å². The van der Waals surface area contributed by atoms with E-state index in [0.717, 1.165) is 6.92 Å². The average Bonchev–Trinajstić information content (AvgIpc) is 3.16. The van der Waals surface area contributed by atoms with Gasteiger partial charge in [-0.25, -0.2) is 9.59 Å². The molecule has 2 N–H and O–H groups in total. The van der Waals surface area contributed by atoms with Crippen molar-refractivity contribution in [1.29, 1.82) is 0 Å². The van der Waals surface area contributed by atoms with Crippen LogP contribution in [0.25, 0.3) is 0 Å². The monoisotopic (exact) mass is 610 g/mol. The summed E-state index contributed by atoms with van der Waals surface area (Å²) in [4.78, 5) is 52.5. The van der Waals surface area contributed by atoms with Crippen LogP contribution < -0.4 is 0 Å². The van der Waals surface area contributed by atoms with Gasteiger partial charge in [-0.15, -0.1) is 0 Å². The molecule has 5 rings (SSSR count). The number of aliphatic hydroxyl groups excluding tert-OH is 1. The summed E-state index contributed by atoms with van der Waals surface area (Å²) in [5.74, 6) is -4.01.